The molecule has 0 aromatic carbocycles. The minimum atomic E-state index is -2.76. The van der Waals surface area contributed by atoms with Crippen LogP contribution in [0.4, 0.5) is 0 Å². The van der Waals surface area contributed by atoms with Gasteiger partial charge in [0.1, 0.15) is 42.7 Å². The zero-order valence-corrected chi connectivity index (χ0v) is 14.7. The number of carbonyl (C=O) groups is 3. The average molecular weight is 432 g/mol. The molecule has 0 saturated heterocycles. The van der Waals surface area contributed by atoms with E-state index in [1.165, 1.54) is 0 Å². The Morgan fingerprint density at radius 3 is 1.45 bits per heavy atom. The SMILES string of the molecule is O=C(O)C(=O)[C@H](OC(=O)[C@H](O)[C@H](O)[C@H](O)[C@@H](O)[C@H](O)CO)[C@@H](O)[C@H](O)[C@H](O)CO. The number of aliphatic hydroxyl groups excluding tert-OH is 10. The Bertz CT molecular complexity index is 553. The van der Waals surface area contributed by atoms with Gasteiger partial charge in [-0.25, -0.2) is 9.59 Å². The van der Waals surface area contributed by atoms with Crippen molar-refractivity contribution in [2.75, 3.05) is 13.2 Å². The molecule has 0 rings (SSSR count). The maximum atomic E-state index is 11.9. The van der Waals surface area contributed by atoms with Crippen molar-refractivity contribution in [2.45, 2.75) is 54.9 Å². The Hall–Kier alpha value is -1.79. The fraction of sp³-hybridized carbons (Fsp3) is 0.786. The summed E-state index contributed by atoms with van der Waals surface area (Å²) < 4.78 is 4.26. The van der Waals surface area contributed by atoms with Gasteiger partial charge in [0.15, 0.2) is 12.2 Å². The quantitative estimate of drug-likeness (QED) is 0.0951. The highest BCUT2D eigenvalue weighted by Gasteiger charge is 2.44. The van der Waals surface area contributed by atoms with Crippen molar-refractivity contribution in [3.8, 4) is 0 Å². The molecule has 0 fully saturated rings. The summed E-state index contributed by atoms with van der Waals surface area (Å²) in [6.07, 6.45) is -21.8. The number of rotatable bonds is 13. The normalized spacial score (nSPS) is 21.0. The Kier molecular flexibility index (Phi) is 11.3. The number of carboxylic acids is 1. The molecule has 0 aliphatic heterocycles. The van der Waals surface area contributed by atoms with Crippen molar-refractivity contribution in [3.63, 3.8) is 0 Å². The van der Waals surface area contributed by atoms with Gasteiger partial charge in [0, 0.05) is 0 Å². The van der Waals surface area contributed by atoms with Crippen molar-refractivity contribution < 1.29 is 75.3 Å². The summed E-state index contributed by atoms with van der Waals surface area (Å²) in [5.41, 5.74) is 0. The summed E-state index contributed by atoms with van der Waals surface area (Å²) >= 11 is 0. The summed E-state index contributed by atoms with van der Waals surface area (Å²) in [7, 11) is 0. The zero-order valence-electron chi connectivity index (χ0n) is 14.7. The van der Waals surface area contributed by atoms with Crippen molar-refractivity contribution in [1.29, 1.82) is 0 Å². The van der Waals surface area contributed by atoms with Crippen LogP contribution in [0.5, 0.6) is 0 Å². The molecule has 11 N–H and O–H groups in total. The van der Waals surface area contributed by atoms with Crippen molar-refractivity contribution in [1.82, 2.24) is 0 Å². The summed E-state index contributed by atoms with van der Waals surface area (Å²) in [5, 5.41) is 102. The number of carbonyl (C=O) groups excluding carboxylic acids is 2. The maximum Gasteiger partial charge on any atom is 0.376 e. The van der Waals surface area contributed by atoms with E-state index in [9.17, 15) is 55.2 Å². The number of aliphatic carboxylic acids is 1. The number of esters is 1. The molecule has 0 radical (unpaired) electrons. The number of carboxylic acid groups (broad SMARTS) is 1. The Labute approximate surface area is 162 Å². The minimum Gasteiger partial charge on any atom is -0.475 e. The molecule has 29 heavy (non-hydrogen) atoms. The number of hydrogen-bond acceptors (Lipinski definition) is 14. The number of ether oxygens (including phenoxy) is 1. The van der Waals surface area contributed by atoms with Gasteiger partial charge < -0.3 is 60.9 Å². The molecule has 0 aromatic heterocycles. The molecule has 0 aromatic rings. The van der Waals surface area contributed by atoms with Gasteiger partial charge in [-0.3, -0.25) is 4.79 Å². The molecule has 170 valence electrons. The first-order valence-corrected chi connectivity index (χ1v) is 7.95. The van der Waals surface area contributed by atoms with Crippen LogP contribution in [0.15, 0.2) is 0 Å². The highest BCUT2D eigenvalue weighted by atomic mass is 16.6. The minimum absolute atomic E-state index is 1.07. The first kappa shape index (κ1) is 27.2. The van der Waals surface area contributed by atoms with Gasteiger partial charge in [-0.05, 0) is 0 Å². The molecular formula is C14H24O15. The van der Waals surface area contributed by atoms with E-state index in [2.05, 4.69) is 4.74 Å². The van der Waals surface area contributed by atoms with Crippen LogP contribution in [0.1, 0.15) is 0 Å². The van der Waals surface area contributed by atoms with E-state index in [0.717, 1.165) is 0 Å². The van der Waals surface area contributed by atoms with Gasteiger partial charge in [0.05, 0.1) is 13.2 Å². The molecule has 0 unspecified atom stereocenters. The van der Waals surface area contributed by atoms with Gasteiger partial charge >= 0.3 is 11.9 Å². The monoisotopic (exact) mass is 432 g/mol. The molecule has 0 saturated carbocycles. The van der Waals surface area contributed by atoms with Crippen LogP contribution in [0.3, 0.4) is 0 Å². The molecule has 0 aliphatic carbocycles. The van der Waals surface area contributed by atoms with Crippen molar-refractivity contribution in [2.24, 2.45) is 0 Å². The third-order valence-corrected chi connectivity index (χ3v) is 3.80. The second-order valence-corrected chi connectivity index (χ2v) is 5.92. The molecule has 0 bridgehead atoms. The lowest BCUT2D eigenvalue weighted by Crippen LogP contribution is -2.55. The largest absolute Gasteiger partial charge is 0.475 e. The van der Waals surface area contributed by atoms with Crippen LogP contribution in [-0.4, -0.2) is 142 Å². The standard InChI is InChI=1S/C14H24O15/c15-1-3(17)5(19)7(21)8(22)10(24)14(28)29-12(11(25)13(26)27)9(23)6(20)4(18)2-16/h3-10,12,15-24H,1-2H2,(H,26,27)/t3-,4-,5+,6-,7-,8-,9+,10-,12-/m1/s1. The number of aliphatic hydroxyl groups is 10. The van der Waals surface area contributed by atoms with E-state index >= 15 is 0 Å². The predicted octanol–water partition coefficient (Wildman–Crippen LogP) is -7.58. The number of hydrogen-bond donors (Lipinski definition) is 11. The Balaban J connectivity index is 5.44. The molecule has 0 aliphatic rings. The molecule has 0 heterocycles. The van der Waals surface area contributed by atoms with Crippen LogP contribution >= 0.6 is 0 Å². The van der Waals surface area contributed by atoms with Gasteiger partial charge in [0.25, 0.3) is 5.78 Å². The molecule has 0 amide bonds. The molecule has 15 heteroatoms. The Morgan fingerprint density at radius 1 is 0.655 bits per heavy atom. The molecule has 0 spiro atoms. The third kappa shape index (κ3) is 7.19. The average Bonchev–Trinajstić information content (AvgIpc) is 2.71. The Morgan fingerprint density at radius 2 is 1.07 bits per heavy atom. The van der Waals surface area contributed by atoms with Crippen molar-refractivity contribution >= 4 is 17.7 Å². The summed E-state index contributed by atoms with van der Waals surface area (Å²) in [6, 6.07) is 0. The van der Waals surface area contributed by atoms with E-state index < -0.39 is 85.9 Å². The van der Waals surface area contributed by atoms with Crippen LogP contribution in [0.2, 0.25) is 0 Å². The number of ketones is 1. The van der Waals surface area contributed by atoms with Gasteiger partial charge in [0.2, 0.25) is 0 Å². The maximum absolute atomic E-state index is 11.9. The van der Waals surface area contributed by atoms with Crippen LogP contribution < -0.4 is 0 Å². The van der Waals surface area contributed by atoms with Gasteiger partial charge in [-0.15, -0.1) is 0 Å². The number of Topliss-reactive ketones (excluding diaryl/α,β-unsaturated/α-hetero) is 1. The van der Waals surface area contributed by atoms with E-state index in [1.807, 2.05) is 0 Å². The smallest absolute Gasteiger partial charge is 0.376 e. The summed E-state index contributed by atoms with van der Waals surface area (Å²) in [4.78, 5) is 34.3. The van der Waals surface area contributed by atoms with E-state index in [4.69, 9.17) is 15.3 Å². The lowest BCUT2D eigenvalue weighted by atomic mass is 9.98. The fourth-order valence-corrected chi connectivity index (χ4v) is 1.97. The fourth-order valence-electron chi connectivity index (χ4n) is 1.97. The van der Waals surface area contributed by atoms with Crippen LogP contribution in [0, 0.1) is 0 Å². The van der Waals surface area contributed by atoms with E-state index in [0.29, 0.717) is 0 Å². The van der Waals surface area contributed by atoms with Crippen LogP contribution in [0.25, 0.3) is 0 Å². The van der Waals surface area contributed by atoms with E-state index in [-0.39, 0.29) is 0 Å². The topological polar surface area (TPSA) is 283 Å². The second-order valence-electron chi connectivity index (χ2n) is 5.92. The lowest BCUT2D eigenvalue weighted by Gasteiger charge is -2.30. The van der Waals surface area contributed by atoms with E-state index in [1.54, 1.807) is 0 Å². The van der Waals surface area contributed by atoms with Gasteiger partial charge in [-0.1, -0.05) is 0 Å². The molecular weight excluding hydrogens is 408 g/mol. The third-order valence-electron chi connectivity index (χ3n) is 3.80. The van der Waals surface area contributed by atoms with Gasteiger partial charge in [-0.2, -0.15) is 0 Å². The lowest BCUT2D eigenvalue weighted by molar-refractivity contribution is -0.192. The predicted molar refractivity (Wildman–Crippen MR) is 84.7 cm³/mol. The van der Waals surface area contributed by atoms with Crippen LogP contribution in [-0.2, 0) is 19.1 Å². The summed E-state index contributed by atoms with van der Waals surface area (Å²) in [5.74, 6) is -6.29. The second kappa shape index (κ2) is 12.0. The zero-order chi connectivity index (χ0) is 23.0. The highest BCUT2D eigenvalue weighted by Crippen LogP contribution is 2.14. The van der Waals surface area contributed by atoms with Crippen molar-refractivity contribution in [3.05, 3.63) is 0 Å². The molecule has 9 atom stereocenters. The first-order chi connectivity index (χ1) is 13.3. The summed E-state index contributed by atoms with van der Waals surface area (Å²) in [6.45, 7) is -2.21. The highest BCUT2D eigenvalue weighted by molar-refractivity contribution is 6.34. The molecule has 15 nitrogen and oxygen atoms in total. The first-order valence-electron chi connectivity index (χ1n) is 7.95.